The van der Waals surface area contributed by atoms with E-state index in [9.17, 15) is 0 Å². The van der Waals surface area contributed by atoms with Crippen LogP contribution >= 0.6 is 0 Å². The molecule has 9 heavy (non-hydrogen) atoms. The molecule has 2 nitrogen and oxygen atoms in total. The van der Waals surface area contributed by atoms with Crippen LogP contribution in [-0.2, 0) is 7.05 Å². The van der Waals surface area contributed by atoms with Gasteiger partial charge in [0.15, 0.2) is 12.8 Å². The van der Waals surface area contributed by atoms with E-state index in [0.717, 1.165) is 5.76 Å². The van der Waals surface area contributed by atoms with Gasteiger partial charge in [0, 0.05) is 5.92 Å². The normalized spacial score (nSPS) is 10.7. The van der Waals surface area contributed by atoms with E-state index in [-0.39, 0.29) is 0 Å². The van der Waals surface area contributed by atoms with Gasteiger partial charge in [-0.25, -0.2) is 4.52 Å². The Morgan fingerprint density at radius 2 is 2.22 bits per heavy atom. The first-order chi connectivity index (χ1) is 4.20. The van der Waals surface area contributed by atoms with Crippen LogP contribution in [0.3, 0.4) is 0 Å². The minimum atomic E-state index is 0.492. The zero-order chi connectivity index (χ0) is 6.85. The van der Waals surface area contributed by atoms with E-state index in [4.69, 9.17) is 4.52 Å². The van der Waals surface area contributed by atoms with Crippen molar-refractivity contribution in [2.45, 2.75) is 19.8 Å². The predicted octanol–water partition coefficient (Wildman–Crippen LogP) is 1.23. The molecule has 0 aliphatic heterocycles. The number of hydrogen-bond donors (Lipinski definition) is 0. The van der Waals surface area contributed by atoms with Crippen LogP contribution in [0.1, 0.15) is 25.5 Å². The van der Waals surface area contributed by atoms with Gasteiger partial charge in [0.25, 0.3) is 0 Å². The summed E-state index contributed by atoms with van der Waals surface area (Å²) in [7, 11) is 1.88. The van der Waals surface area contributed by atoms with Crippen LogP contribution in [0.2, 0.25) is 0 Å². The number of rotatable bonds is 1. The lowest BCUT2D eigenvalue weighted by molar-refractivity contribution is -0.846. The van der Waals surface area contributed by atoms with Crippen molar-refractivity contribution in [1.29, 1.82) is 0 Å². The minimum absolute atomic E-state index is 0.492. The van der Waals surface area contributed by atoms with Gasteiger partial charge in [-0.3, -0.25) is 0 Å². The molecule has 0 unspecified atom stereocenters. The molecule has 1 aromatic heterocycles. The Bertz CT molecular complexity index is 191. The number of nitrogens with zero attached hydrogens (tertiary/aromatic N) is 1. The Hall–Kier alpha value is -0.790. The largest absolute Gasteiger partial charge is 0.241 e. The summed E-state index contributed by atoms with van der Waals surface area (Å²) >= 11 is 0. The van der Waals surface area contributed by atoms with Crippen molar-refractivity contribution in [1.82, 2.24) is 0 Å². The first kappa shape index (κ1) is 6.33. The lowest BCUT2D eigenvalue weighted by Gasteiger charge is -1.90. The van der Waals surface area contributed by atoms with Crippen molar-refractivity contribution < 1.29 is 9.26 Å². The molecule has 0 fully saturated rings. The van der Waals surface area contributed by atoms with Crippen molar-refractivity contribution in [2.24, 2.45) is 7.05 Å². The Labute approximate surface area is 55.1 Å². The molecule has 0 aliphatic carbocycles. The maximum Gasteiger partial charge on any atom is 0.219 e. The van der Waals surface area contributed by atoms with Crippen LogP contribution in [-0.4, -0.2) is 0 Å². The minimum Gasteiger partial charge on any atom is -0.241 e. The van der Waals surface area contributed by atoms with Gasteiger partial charge in [-0.05, 0) is 4.74 Å². The summed E-state index contributed by atoms with van der Waals surface area (Å²) in [6.45, 7) is 4.22. The average Bonchev–Trinajstić information content (AvgIpc) is 2.14. The van der Waals surface area contributed by atoms with Crippen molar-refractivity contribution in [2.75, 3.05) is 0 Å². The Morgan fingerprint density at radius 1 is 1.56 bits per heavy atom. The van der Waals surface area contributed by atoms with E-state index in [0.29, 0.717) is 5.92 Å². The molecule has 1 aromatic rings. The Balaban J connectivity index is 2.85. The van der Waals surface area contributed by atoms with Crippen molar-refractivity contribution >= 4 is 0 Å². The molecule has 1 heterocycles. The molecule has 1 rings (SSSR count). The Kier molecular flexibility index (Phi) is 1.56. The zero-order valence-electron chi connectivity index (χ0n) is 6.09. The van der Waals surface area contributed by atoms with Crippen molar-refractivity contribution in [3.05, 3.63) is 18.0 Å². The van der Waals surface area contributed by atoms with Gasteiger partial charge in [-0.15, -0.1) is 0 Å². The second-order valence-electron chi connectivity index (χ2n) is 2.51. The molecule has 0 amide bonds. The van der Waals surface area contributed by atoms with E-state index >= 15 is 0 Å². The standard InChI is InChI=1S/C7H12NO/c1-6(2)7-4-5-8(3)9-7/h4-6H,1-3H3/q+1. The van der Waals surface area contributed by atoms with E-state index < -0.39 is 0 Å². The van der Waals surface area contributed by atoms with Gasteiger partial charge >= 0.3 is 0 Å². The van der Waals surface area contributed by atoms with Crippen molar-refractivity contribution in [3.8, 4) is 0 Å². The molecule has 0 saturated carbocycles. The number of aromatic nitrogens is 1. The molecule has 0 bridgehead atoms. The summed E-state index contributed by atoms with van der Waals surface area (Å²) in [5.41, 5.74) is 0. The molecule has 0 aromatic carbocycles. The smallest absolute Gasteiger partial charge is 0.219 e. The van der Waals surface area contributed by atoms with E-state index in [1.807, 2.05) is 19.3 Å². The summed E-state index contributed by atoms with van der Waals surface area (Å²) < 4.78 is 6.97. The van der Waals surface area contributed by atoms with E-state index in [1.54, 1.807) is 4.74 Å². The molecular weight excluding hydrogens is 114 g/mol. The van der Waals surface area contributed by atoms with Gasteiger partial charge in [-0.1, -0.05) is 13.8 Å². The Morgan fingerprint density at radius 3 is 2.44 bits per heavy atom. The van der Waals surface area contributed by atoms with Crippen LogP contribution in [0.5, 0.6) is 0 Å². The molecule has 0 spiro atoms. The first-order valence-corrected chi connectivity index (χ1v) is 3.16. The highest BCUT2D eigenvalue weighted by Crippen LogP contribution is 2.10. The predicted molar refractivity (Wildman–Crippen MR) is 34.0 cm³/mol. The highest BCUT2D eigenvalue weighted by atomic mass is 16.5. The van der Waals surface area contributed by atoms with Crippen LogP contribution in [0.25, 0.3) is 0 Å². The van der Waals surface area contributed by atoms with Crippen LogP contribution in [0.4, 0.5) is 0 Å². The van der Waals surface area contributed by atoms with Gasteiger partial charge in [0.05, 0.1) is 6.07 Å². The third-order valence-electron chi connectivity index (χ3n) is 1.27. The lowest BCUT2D eigenvalue weighted by atomic mass is 10.2. The van der Waals surface area contributed by atoms with Gasteiger partial charge in [0.2, 0.25) is 6.20 Å². The van der Waals surface area contributed by atoms with E-state index in [1.165, 1.54) is 0 Å². The summed E-state index contributed by atoms with van der Waals surface area (Å²) in [6.07, 6.45) is 1.91. The highest BCUT2D eigenvalue weighted by Gasteiger charge is 2.07. The van der Waals surface area contributed by atoms with Gasteiger partial charge in [-0.2, -0.15) is 0 Å². The van der Waals surface area contributed by atoms with E-state index in [2.05, 4.69) is 13.8 Å². The third kappa shape index (κ3) is 1.31. The fourth-order valence-electron chi connectivity index (χ4n) is 0.703. The maximum absolute atomic E-state index is 5.26. The molecular formula is C7H12NO+. The zero-order valence-corrected chi connectivity index (χ0v) is 6.09. The molecule has 0 N–H and O–H groups in total. The van der Waals surface area contributed by atoms with Crippen molar-refractivity contribution in [3.63, 3.8) is 0 Å². The summed E-state index contributed by atoms with van der Waals surface area (Å²) in [5, 5.41) is 0. The number of hydrogen-bond acceptors (Lipinski definition) is 1. The third-order valence-corrected chi connectivity index (χ3v) is 1.27. The first-order valence-electron chi connectivity index (χ1n) is 3.16. The quantitative estimate of drug-likeness (QED) is 0.517. The lowest BCUT2D eigenvalue weighted by Crippen LogP contribution is -2.22. The molecule has 0 saturated heterocycles. The summed E-state index contributed by atoms with van der Waals surface area (Å²) in [5.74, 6) is 1.53. The average molecular weight is 126 g/mol. The fourth-order valence-corrected chi connectivity index (χ4v) is 0.703. The molecule has 2 heteroatoms. The highest BCUT2D eigenvalue weighted by molar-refractivity contribution is 4.95. The molecule has 0 atom stereocenters. The maximum atomic E-state index is 5.26. The van der Waals surface area contributed by atoms with Gasteiger partial charge < -0.3 is 0 Å². The van der Waals surface area contributed by atoms with Crippen LogP contribution < -0.4 is 4.74 Å². The van der Waals surface area contributed by atoms with Crippen LogP contribution in [0.15, 0.2) is 16.8 Å². The SMILES string of the molecule is CC(C)c1cc[n+](C)o1. The second-order valence-corrected chi connectivity index (χ2v) is 2.51. The molecule has 0 radical (unpaired) electrons. The summed E-state index contributed by atoms with van der Waals surface area (Å²) in [4.78, 5) is 0. The van der Waals surface area contributed by atoms with Crippen LogP contribution in [0, 0.1) is 0 Å². The summed E-state index contributed by atoms with van der Waals surface area (Å²) in [6, 6.07) is 1.99. The monoisotopic (exact) mass is 126 g/mol. The molecule has 50 valence electrons. The topological polar surface area (TPSA) is 17.0 Å². The number of aryl methyl sites for hydroxylation is 1. The van der Waals surface area contributed by atoms with Gasteiger partial charge in [0.1, 0.15) is 0 Å². The fraction of sp³-hybridized carbons (Fsp3) is 0.571. The molecule has 0 aliphatic rings. The second kappa shape index (κ2) is 2.21.